The van der Waals surface area contributed by atoms with Crippen LogP contribution >= 0.6 is 11.6 Å². The van der Waals surface area contributed by atoms with Gasteiger partial charge in [0.15, 0.2) is 5.69 Å². The highest BCUT2D eigenvalue weighted by atomic mass is 35.5. The Morgan fingerprint density at radius 3 is 2.55 bits per heavy atom. The van der Waals surface area contributed by atoms with Crippen molar-refractivity contribution in [2.24, 2.45) is 0 Å². The van der Waals surface area contributed by atoms with Gasteiger partial charge in [0, 0.05) is 17.1 Å². The smallest absolute Gasteiger partial charge is 0.408 e. The Hall–Kier alpha value is -3.27. The number of benzene rings is 1. The lowest BCUT2D eigenvalue weighted by molar-refractivity contribution is 0.0491. The SMILES string of the molecule is CC(C)(C)OC(=O)NC(CCCCNC(=O)OCc1ccccc1Cl)c1nc(C(=O)O)co1. The molecule has 2 amide bonds. The van der Waals surface area contributed by atoms with E-state index in [1.165, 1.54) is 0 Å². The molecule has 1 unspecified atom stereocenters. The fraction of sp³-hybridized carbons (Fsp3) is 0.455. The summed E-state index contributed by atoms with van der Waals surface area (Å²) in [4.78, 5) is 39.0. The second-order valence-electron chi connectivity index (χ2n) is 8.17. The second kappa shape index (κ2) is 12.1. The number of aromatic nitrogens is 1. The van der Waals surface area contributed by atoms with Gasteiger partial charge in [0.1, 0.15) is 24.5 Å². The number of amides is 2. The summed E-state index contributed by atoms with van der Waals surface area (Å²) in [5.41, 5.74) is -0.257. The Morgan fingerprint density at radius 2 is 1.91 bits per heavy atom. The zero-order chi connectivity index (χ0) is 24.4. The van der Waals surface area contributed by atoms with Crippen LogP contribution in [0.4, 0.5) is 9.59 Å². The second-order valence-corrected chi connectivity index (χ2v) is 8.57. The summed E-state index contributed by atoms with van der Waals surface area (Å²) in [5, 5.41) is 14.9. The highest BCUT2D eigenvalue weighted by Crippen LogP contribution is 2.20. The molecule has 2 aromatic rings. The molecule has 0 bridgehead atoms. The van der Waals surface area contributed by atoms with Gasteiger partial charge >= 0.3 is 18.2 Å². The van der Waals surface area contributed by atoms with E-state index in [1.807, 2.05) is 0 Å². The Labute approximate surface area is 196 Å². The molecule has 1 heterocycles. The molecule has 3 N–H and O–H groups in total. The molecule has 2 rings (SSSR count). The first-order chi connectivity index (χ1) is 15.5. The van der Waals surface area contributed by atoms with E-state index in [1.54, 1.807) is 45.0 Å². The number of carboxylic acids is 1. The Kier molecular flexibility index (Phi) is 9.53. The van der Waals surface area contributed by atoms with Crippen LogP contribution in [-0.4, -0.2) is 40.4 Å². The van der Waals surface area contributed by atoms with Gasteiger partial charge in [-0.1, -0.05) is 29.8 Å². The quantitative estimate of drug-likeness (QED) is 0.415. The van der Waals surface area contributed by atoms with E-state index in [0.717, 1.165) is 6.26 Å². The molecule has 0 aliphatic carbocycles. The predicted octanol–water partition coefficient (Wildman–Crippen LogP) is 4.69. The van der Waals surface area contributed by atoms with E-state index in [-0.39, 0.29) is 18.2 Å². The van der Waals surface area contributed by atoms with Gasteiger partial charge in [0.2, 0.25) is 5.89 Å². The van der Waals surface area contributed by atoms with Crippen LogP contribution < -0.4 is 10.6 Å². The van der Waals surface area contributed by atoms with Crippen molar-refractivity contribution in [3.63, 3.8) is 0 Å². The molecule has 1 aromatic carbocycles. The van der Waals surface area contributed by atoms with Crippen LogP contribution in [0.25, 0.3) is 0 Å². The average Bonchev–Trinajstić information content (AvgIpc) is 3.21. The van der Waals surface area contributed by atoms with E-state index in [2.05, 4.69) is 15.6 Å². The number of oxazole rings is 1. The van der Waals surface area contributed by atoms with Gasteiger partial charge in [-0.3, -0.25) is 0 Å². The molecule has 1 aromatic heterocycles. The number of carbonyl (C=O) groups excluding carboxylic acids is 2. The molecule has 180 valence electrons. The Bertz CT molecular complexity index is 955. The van der Waals surface area contributed by atoms with Gasteiger partial charge in [0.05, 0.1) is 0 Å². The number of ether oxygens (including phenoxy) is 2. The van der Waals surface area contributed by atoms with E-state index in [4.69, 9.17) is 30.6 Å². The maximum atomic E-state index is 12.2. The summed E-state index contributed by atoms with van der Waals surface area (Å²) < 4.78 is 15.6. The molecular weight excluding hydrogens is 454 g/mol. The van der Waals surface area contributed by atoms with Crippen molar-refractivity contribution in [2.75, 3.05) is 6.54 Å². The fourth-order valence-corrected chi connectivity index (χ4v) is 2.92. The van der Waals surface area contributed by atoms with Crippen LogP contribution in [0.1, 0.15) is 68.0 Å². The first-order valence-electron chi connectivity index (χ1n) is 10.4. The van der Waals surface area contributed by atoms with Gasteiger partial charge < -0.3 is 29.6 Å². The third-order valence-corrected chi connectivity index (χ3v) is 4.60. The van der Waals surface area contributed by atoms with Gasteiger partial charge in [-0.15, -0.1) is 0 Å². The number of carboxylic acid groups (broad SMARTS) is 1. The summed E-state index contributed by atoms with van der Waals surface area (Å²) in [7, 11) is 0. The number of unbranched alkanes of at least 4 members (excludes halogenated alkanes) is 1. The Balaban J connectivity index is 1.81. The molecule has 0 spiro atoms. The number of carbonyl (C=O) groups is 3. The van der Waals surface area contributed by atoms with Crippen molar-refractivity contribution in [1.82, 2.24) is 15.6 Å². The summed E-state index contributed by atoms with van der Waals surface area (Å²) in [6.07, 6.45) is 1.28. The first kappa shape index (κ1) is 26.0. The summed E-state index contributed by atoms with van der Waals surface area (Å²) in [5.74, 6) is -1.18. The van der Waals surface area contributed by atoms with E-state index in [0.29, 0.717) is 36.4 Å². The monoisotopic (exact) mass is 481 g/mol. The number of halogens is 1. The fourth-order valence-electron chi connectivity index (χ4n) is 2.73. The third kappa shape index (κ3) is 9.40. The lowest BCUT2D eigenvalue weighted by Crippen LogP contribution is -2.35. The van der Waals surface area contributed by atoms with E-state index in [9.17, 15) is 14.4 Å². The molecule has 0 saturated carbocycles. The molecule has 0 saturated heterocycles. The summed E-state index contributed by atoms with van der Waals surface area (Å²) in [6, 6.07) is 6.38. The van der Waals surface area contributed by atoms with Crippen molar-refractivity contribution in [3.8, 4) is 0 Å². The average molecular weight is 482 g/mol. The number of rotatable bonds is 10. The molecule has 1 atom stereocenters. The molecule has 0 fully saturated rings. The largest absolute Gasteiger partial charge is 0.476 e. The molecule has 33 heavy (non-hydrogen) atoms. The minimum atomic E-state index is -1.24. The Morgan fingerprint density at radius 1 is 1.18 bits per heavy atom. The van der Waals surface area contributed by atoms with Gasteiger partial charge in [-0.2, -0.15) is 0 Å². The number of nitrogens with one attached hydrogen (secondary N) is 2. The molecule has 10 nitrogen and oxygen atoms in total. The van der Waals surface area contributed by atoms with Crippen molar-refractivity contribution in [1.29, 1.82) is 0 Å². The minimum Gasteiger partial charge on any atom is -0.476 e. The van der Waals surface area contributed by atoms with E-state index >= 15 is 0 Å². The van der Waals surface area contributed by atoms with Crippen molar-refractivity contribution >= 4 is 29.8 Å². The highest BCUT2D eigenvalue weighted by molar-refractivity contribution is 6.31. The normalized spacial score (nSPS) is 12.0. The highest BCUT2D eigenvalue weighted by Gasteiger charge is 2.24. The predicted molar refractivity (Wildman–Crippen MR) is 119 cm³/mol. The first-order valence-corrected chi connectivity index (χ1v) is 10.7. The standard InChI is InChI=1S/C22H28ClN3O7/c1-22(2,3)33-21(30)26-16(18-25-17(13-31-18)19(27)28)10-6-7-11-24-20(29)32-12-14-8-4-5-9-15(14)23/h4-5,8-9,13,16H,6-7,10-12H2,1-3H3,(H,24,29)(H,26,30)(H,27,28). The summed E-state index contributed by atoms with van der Waals surface area (Å²) >= 11 is 6.03. The summed E-state index contributed by atoms with van der Waals surface area (Å²) in [6.45, 7) is 5.58. The van der Waals surface area contributed by atoms with Crippen LogP contribution in [0.2, 0.25) is 5.02 Å². The zero-order valence-corrected chi connectivity index (χ0v) is 19.5. The van der Waals surface area contributed by atoms with Crippen molar-refractivity contribution < 1.29 is 33.4 Å². The van der Waals surface area contributed by atoms with Gasteiger partial charge in [-0.25, -0.2) is 19.4 Å². The third-order valence-electron chi connectivity index (χ3n) is 4.24. The number of hydrogen-bond donors (Lipinski definition) is 3. The number of hydrogen-bond acceptors (Lipinski definition) is 7. The molecular formula is C22H28ClN3O7. The van der Waals surface area contributed by atoms with Crippen LogP contribution in [0.3, 0.4) is 0 Å². The number of aromatic carboxylic acids is 1. The maximum Gasteiger partial charge on any atom is 0.408 e. The molecule has 0 aliphatic heterocycles. The van der Waals surface area contributed by atoms with Gasteiger partial charge in [-0.05, 0) is 46.1 Å². The van der Waals surface area contributed by atoms with Crippen LogP contribution in [0, 0.1) is 0 Å². The van der Waals surface area contributed by atoms with Crippen LogP contribution in [-0.2, 0) is 16.1 Å². The lowest BCUT2D eigenvalue weighted by atomic mass is 10.1. The van der Waals surface area contributed by atoms with Crippen LogP contribution in [0.5, 0.6) is 0 Å². The number of nitrogens with zero attached hydrogens (tertiary/aromatic N) is 1. The molecule has 0 aliphatic rings. The number of alkyl carbamates (subject to hydrolysis) is 2. The molecule has 11 heteroatoms. The molecule has 0 radical (unpaired) electrons. The van der Waals surface area contributed by atoms with E-state index < -0.39 is 29.8 Å². The van der Waals surface area contributed by atoms with Crippen LogP contribution in [0.15, 0.2) is 34.9 Å². The maximum absolute atomic E-state index is 12.2. The van der Waals surface area contributed by atoms with Crippen molar-refractivity contribution in [3.05, 3.63) is 52.7 Å². The van der Waals surface area contributed by atoms with Crippen molar-refractivity contribution in [2.45, 2.75) is 58.3 Å². The minimum absolute atomic E-state index is 0.0590. The van der Waals surface area contributed by atoms with Gasteiger partial charge in [0.25, 0.3) is 0 Å². The zero-order valence-electron chi connectivity index (χ0n) is 18.7. The topological polar surface area (TPSA) is 140 Å². The lowest BCUT2D eigenvalue weighted by Gasteiger charge is -2.22.